The highest BCUT2D eigenvalue weighted by molar-refractivity contribution is 14.1. The summed E-state index contributed by atoms with van der Waals surface area (Å²) in [5, 5.41) is 2.70. The highest BCUT2D eigenvalue weighted by atomic mass is 127. The van der Waals surface area contributed by atoms with Crippen molar-refractivity contribution in [2.24, 2.45) is 29.6 Å². The van der Waals surface area contributed by atoms with E-state index in [-0.39, 0.29) is 12.1 Å². The van der Waals surface area contributed by atoms with Crippen LogP contribution in [-0.4, -0.2) is 28.2 Å². The number of allylic oxidation sites excluding steroid dienone is 12. The Labute approximate surface area is 440 Å². The number of nitrogens with zero attached hydrogens (tertiary/aromatic N) is 2. The van der Waals surface area contributed by atoms with E-state index >= 15 is 0 Å². The van der Waals surface area contributed by atoms with Gasteiger partial charge < -0.3 is 19.3 Å². The molecule has 11 atom stereocenters. The number of ether oxygens (including phenoxy) is 2. The number of hydrogen-bond acceptors (Lipinski definition) is 5. The van der Waals surface area contributed by atoms with E-state index < -0.39 is 0 Å². The van der Waals surface area contributed by atoms with Crippen molar-refractivity contribution in [2.45, 2.75) is 79.1 Å². The highest BCUT2D eigenvalue weighted by Crippen LogP contribution is 2.55. The largest absolute Gasteiger partial charge is 0.464 e. The van der Waals surface area contributed by atoms with Gasteiger partial charge in [0, 0.05) is 99.7 Å². The average Bonchev–Trinajstić information content (AvgIpc) is 4.21. The first-order valence-electron chi connectivity index (χ1n) is 26.6. The fourth-order valence-electron chi connectivity index (χ4n) is 14.5. The van der Waals surface area contributed by atoms with Gasteiger partial charge in [-0.25, -0.2) is 0 Å². The fraction of sp³-hybridized carbons (Fsp3) is 0.273. The molecule has 1 saturated heterocycles. The molecule has 3 aliphatic heterocycles. The lowest BCUT2D eigenvalue weighted by Gasteiger charge is -2.45. The summed E-state index contributed by atoms with van der Waals surface area (Å²) in [6.07, 6.45) is 40.8. The molecule has 0 bridgehead atoms. The third kappa shape index (κ3) is 6.98. The molecular weight excluding hydrogens is 1010 g/mol. The van der Waals surface area contributed by atoms with Crippen molar-refractivity contribution in [1.29, 1.82) is 0 Å². The van der Waals surface area contributed by atoms with Gasteiger partial charge in [-0.05, 0) is 110 Å². The number of para-hydroxylation sites is 1. The molecule has 0 N–H and O–H groups in total. The number of anilines is 4. The van der Waals surface area contributed by atoms with Crippen LogP contribution in [0.5, 0.6) is 0 Å². The topological polar surface area (TPSA) is 24.9 Å². The first kappa shape index (κ1) is 43.6. The van der Waals surface area contributed by atoms with Crippen LogP contribution in [0.2, 0.25) is 0 Å². The summed E-state index contributed by atoms with van der Waals surface area (Å²) in [6, 6.07) is 42.3. The third-order valence-electron chi connectivity index (χ3n) is 17.8. The van der Waals surface area contributed by atoms with Crippen molar-refractivity contribution in [3.8, 4) is 11.1 Å². The van der Waals surface area contributed by atoms with Gasteiger partial charge in [0.25, 0.3) is 0 Å². The molecule has 1 saturated carbocycles. The summed E-state index contributed by atoms with van der Waals surface area (Å²) < 4.78 is 16.9. The molecule has 1 aromatic heterocycles. The van der Waals surface area contributed by atoms with E-state index in [1.807, 2.05) is 11.3 Å². The number of benzene rings is 5. The van der Waals surface area contributed by atoms with E-state index in [1.54, 1.807) is 0 Å². The number of alkyl halides is 1. The number of hydrogen-bond donors (Lipinski definition) is 0. The van der Waals surface area contributed by atoms with Gasteiger partial charge in [0.2, 0.25) is 0 Å². The number of rotatable bonds is 7. The first-order valence-corrected chi connectivity index (χ1v) is 28.7. The quantitative estimate of drug-likeness (QED) is 0.0904. The maximum Gasteiger partial charge on any atom is 0.119 e. The van der Waals surface area contributed by atoms with Gasteiger partial charge in [-0.15, -0.1) is 11.3 Å². The molecule has 6 heteroatoms. The minimum Gasteiger partial charge on any atom is -0.464 e. The summed E-state index contributed by atoms with van der Waals surface area (Å²) in [4.78, 5) is 5.23. The van der Waals surface area contributed by atoms with E-state index in [0.29, 0.717) is 51.6 Å². The number of fused-ring (bicyclic) bond motifs is 12. The van der Waals surface area contributed by atoms with E-state index in [4.69, 9.17) is 9.47 Å². The van der Waals surface area contributed by atoms with E-state index in [0.717, 1.165) is 44.3 Å². The maximum absolute atomic E-state index is 6.93. The van der Waals surface area contributed by atoms with Crippen LogP contribution in [0, 0.1) is 29.6 Å². The smallest absolute Gasteiger partial charge is 0.119 e. The lowest BCUT2D eigenvalue weighted by molar-refractivity contribution is 0.00346. The Morgan fingerprint density at radius 2 is 1.46 bits per heavy atom. The molecule has 2 fully saturated rings. The second kappa shape index (κ2) is 17.6. The molecule has 9 aliphatic rings. The molecule has 6 aromatic rings. The van der Waals surface area contributed by atoms with Crippen molar-refractivity contribution < 1.29 is 9.47 Å². The van der Waals surface area contributed by atoms with Gasteiger partial charge in [-0.3, -0.25) is 0 Å². The van der Waals surface area contributed by atoms with Gasteiger partial charge in [0.05, 0.1) is 18.2 Å². The standard InChI is InChI=1S/C66H57IN2O2S/c67-57-39-45(35-36-48(57)51-20-12-22-53-50-16-6-9-26-61(50)71-64(51)53)68(43-31-27-40(28-32-43)46-18-10-21-52-49-15-5-8-25-60(49)70-63(46)52)44-33-29-41(30-34-44)47-19-11-23-54-55-37-38-59-62(66(55)72-65(47)54)56-17-4-7-24-58(56)69(59)42-13-2-1-3-14-42/h1-7,9-20,23-24,26-34,37-38,45,48,50-53,56-58,61,64H,8,21-22,25,35-36,39H2. The van der Waals surface area contributed by atoms with Crippen molar-refractivity contribution in [1.82, 2.24) is 0 Å². The average molecular weight is 1070 g/mol. The van der Waals surface area contributed by atoms with Crippen molar-refractivity contribution in [3.05, 3.63) is 222 Å². The molecule has 5 aromatic carbocycles. The molecule has 6 aliphatic carbocycles. The molecule has 356 valence electrons. The summed E-state index contributed by atoms with van der Waals surface area (Å²) in [7, 11) is 0. The Bertz CT molecular complexity index is 3440. The molecule has 0 spiro atoms. The van der Waals surface area contributed by atoms with Crippen LogP contribution < -0.4 is 9.80 Å². The fourth-order valence-corrected chi connectivity index (χ4v) is 17.3. The Morgan fingerprint density at radius 3 is 2.32 bits per heavy atom. The van der Waals surface area contributed by atoms with Crippen LogP contribution in [0.3, 0.4) is 0 Å². The molecular formula is C66H57IN2O2S. The van der Waals surface area contributed by atoms with E-state index in [9.17, 15) is 0 Å². The Hall–Kier alpha value is -5.93. The molecule has 4 heterocycles. The van der Waals surface area contributed by atoms with Crippen LogP contribution in [-0.2, 0) is 9.47 Å². The lowest BCUT2D eigenvalue weighted by Crippen LogP contribution is -2.44. The predicted octanol–water partition coefficient (Wildman–Crippen LogP) is 17.2. The molecule has 72 heavy (non-hydrogen) atoms. The molecule has 11 unspecified atom stereocenters. The first-order chi connectivity index (χ1) is 35.6. The zero-order chi connectivity index (χ0) is 47.4. The van der Waals surface area contributed by atoms with Gasteiger partial charge in [-0.2, -0.15) is 0 Å². The van der Waals surface area contributed by atoms with Gasteiger partial charge in [0.15, 0.2) is 0 Å². The SMILES string of the molecule is IC1CC(N(c2ccc(C3=C4OC5=C(C=CCC5)C4CC=C3)cc2)c2ccc(-c3cccc4c3sc3c5c(ccc34)N(c3ccccc3)C3C=CC=CC53)cc2)CCC1C1C=CCC2C3C=CC=CC3OC12. The summed E-state index contributed by atoms with van der Waals surface area (Å²) in [6.45, 7) is 0. The third-order valence-corrected chi connectivity index (χ3v) is 20.5. The van der Waals surface area contributed by atoms with E-state index in [2.05, 4.69) is 227 Å². The zero-order valence-corrected chi connectivity index (χ0v) is 43.2. The predicted molar refractivity (Wildman–Crippen MR) is 307 cm³/mol. The van der Waals surface area contributed by atoms with Gasteiger partial charge >= 0.3 is 0 Å². The maximum atomic E-state index is 6.93. The van der Waals surface area contributed by atoms with Crippen molar-refractivity contribution in [3.63, 3.8) is 0 Å². The van der Waals surface area contributed by atoms with E-state index in [1.165, 1.54) is 88.5 Å². The summed E-state index contributed by atoms with van der Waals surface area (Å²) in [5.41, 5.74) is 12.9. The van der Waals surface area contributed by atoms with Crippen LogP contribution in [0.25, 0.3) is 36.9 Å². The van der Waals surface area contributed by atoms with Crippen LogP contribution >= 0.6 is 33.9 Å². The molecule has 15 rings (SSSR count). The van der Waals surface area contributed by atoms with Crippen molar-refractivity contribution >= 4 is 82.4 Å². The lowest BCUT2D eigenvalue weighted by atomic mass is 9.68. The zero-order valence-electron chi connectivity index (χ0n) is 40.3. The monoisotopic (exact) mass is 1070 g/mol. The molecule has 0 radical (unpaired) electrons. The van der Waals surface area contributed by atoms with Crippen LogP contribution in [0.15, 0.2) is 211 Å². The number of halogens is 1. The second-order valence-electron chi connectivity index (χ2n) is 21.5. The van der Waals surface area contributed by atoms with Gasteiger partial charge in [0.1, 0.15) is 11.5 Å². The van der Waals surface area contributed by atoms with Crippen LogP contribution in [0.1, 0.15) is 62.0 Å². The van der Waals surface area contributed by atoms with Crippen LogP contribution in [0.4, 0.5) is 22.7 Å². The molecule has 0 amide bonds. The summed E-state index contributed by atoms with van der Waals surface area (Å²) >= 11 is 4.81. The number of thiophene rings is 1. The van der Waals surface area contributed by atoms with Gasteiger partial charge in [-0.1, -0.05) is 174 Å². The van der Waals surface area contributed by atoms with Crippen molar-refractivity contribution in [2.75, 3.05) is 9.80 Å². The minimum atomic E-state index is 0.222. The highest BCUT2D eigenvalue weighted by Gasteiger charge is 2.50. The summed E-state index contributed by atoms with van der Waals surface area (Å²) in [5.74, 6) is 5.06. The Morgan fingerprint density at radius 1 is 0.653 bits per heavy atom. The molecule has 4 nitrogen and oxygen atoms in total. The minimum absolute atomic E-state index is 0.222. The Balaban J connectivity index is 0.771. The Kier molecular flexibility index (Phi) is 10.7. The second-order valence-corrected chi connectivity index (χ2v) is 24.1. The normalized spacial score (nSPS) is 30.4.